The maximum atomic E-state index is 13.0. The van der Waals surface area contributed by atoms with Crippen LogP contribution in [-0.4, -0.2) is 164 Å². The first kappa shape index (κ1) is 76.6. The van der Waals surface area contributed by atoms with Gasteiger partial charge in [0.05, 0.1) is 86.2 Å². The van der Waals surface area contributed by atoms with E-state index in [-0.39, 0.29) is 37.0 Å². The normalized spacial score (nSPS) is 12.4. The summed E-state index contributed by atoms with van der Waals surface area (Å²) in [7, 11) is 18.2. The SMILES string of the molecule is CC[C@@](COC(=O)c1cc(OC)c(OC)c(OC)c1)(c1ccccc1)N(C)C(=O)OCCl.CC[C@@](COC(=O)c1cc(OC)c(OC)c(OC)c1)(c1ccccc1)N(C)C(=O)OCOC(C)=O.CC[C@](COC(=O)c1cc(OC)c(OC)c(OC)c1)(NC)c1ccccc1. The molecule has 510 valence electrons. The molecule has 0 radical (unpaired) electrons. The summed E-state index contributed by atoms with van der Waals surface area (Å²) >= 11 is 5.58. The van der Waals surface area contributed by atoms with E-state index in [1.165, 1.54) is 112 Å². The Morgan fingerprint density at radius 2 is 0.702 bits per heavy atom. The summed E-state index contributed by atoms with van der Waals surface area (Å²) in [6, 6.07) is 37.2. The number of rotatable bonds is 30. The van der Waals surface area contributed by atoms with Gasteiger partial charge in [0.2, 0.25) is 24.0 Å². The van der Waals surface area contributed by atoms with Crippen molar-refractivity contribution in [3.05, 3.63) is 161 Å². The number of hydrogen-bond acceptors (Lipinski definition) is 22. The van der Waals surface area contributed by atoms with E-state index in [0.29, 0.717) is 70.2 Å². The number of esters is 4. The van der Waals surface area contributed by atoms with Gasteiger partial charge in [-0.2, -0.15) is 0 Å². The molecule has 0 saturated heterocycles. The molecular weight excluding hydrogens is 1240 g/mol. The van der Waals surface area contributed by atoms with Crippen LogP contribution in [0.15, 0.2) is 127 Å². The van der Waals surface area contributed by atoms with Gasteiger partial charge in [-0.3, -0.25) is 14.6 Å². The monoisotopic (exact) mass is 1330 g/mol. The van der Waals surface area contributed by atoms with Crippen LogP contribution in [0.2, 0.25) is 0 Å². The summed E-state index contributed by atoms with van der Waals surface area (Å²) in [5.74, 6) is 0.891. The van der Waals surface area contributed by atoms with Crippen LogP contribution in [0.25, 0.3) is 0 Å². The minimum atomic E-state index is -1.06. The molecule has 0 bridgehead atoms. The Hall–Kier alpha value is -9.81. The Morgan fingerprint density at radius 1 is 0.404 bits per heavy atom. The van der Waals surface area contributed by atoms with E-state index in [4.69, 9.17) is 82.7 Å². The molecule has 94 heavy (non-hydrogen) atoms. The van der Waals surface area contributed by atoms with Gasteiger partial charge in [-0.05, 0) is 79.4 Å². The molecule has 0 aliphatic carbocycles. The number of hydrogen-bond donors (Lipinski definition) is 1. The van der Waals surface area contributed by atoms with Crippen LogP contribution in [0.1, 0.15) is 94.7 Å². The second kappa shape index (κ2) is 37.6. The highest BCUT2D eigenvalue weighted by Crippen LogP contribution is 2.42. The lowest BCUT2D eigenvalue weighted by Crippen LogP contribution is -2.50. The lowest BCUT2D eigenvalue weighted by molar-refractivity contribution is -0.150. The number of nitrogens with one attached hydrogen (secondary N) is 1. The summed E-state index contributed by atoms with van der Waals surface area (Å²) in [6.07, 6.45) is 0.220. The number of likely N-dealkylation sites (N-methyl/N-ethyl adjacent to an activating group) is 3. The topological polar surface area (TPSA) is 259 Å². The fourth-order valence-electron chi connectivity index (χ4n) is 10.0. The third kappa shape index (κ3) is 18.9. The predicted molar refractivity (Wildman–Crippen MR) is 349 cm³/mol. The maximum absolute atomic E-state index is 13.0. The number of methoxy groups -OCH3 is 9. The number of carbonyl (C=O) groups is 6. The first-order valence-electron chi connectivity index (χ1n) is 29.4. The summed E-state index contributed by atoms with van der Waals surface area (Å²) in [5, 5.41) is 3.31. The highest BCUT2D eigenvalue weighted by molar-refractivity contribution is 6.17. The third-order valence-electron chi connectivity index (χ3n) is 15.7. The summed E-state index contributed by atoms with van der Waals surface area (Å²) in [5.41, 5.74) is 0.803. The van der Waals surface area contributed by atoms with Crippen molar-refractivity contribution in [2.75, 3.05) is 118 Å². The second-order valence-corrected chi connectivity index (χ2v) is 20.5. The highest BCUT2D eigenvalue weighted by Gasteiger charge is 2.42. The van der Waals surface area contributed by atoms with Crippen molar-refractivity contribution in [3.8, 4) is 51.7 Å². The van der Waals surface area contributed by atoms with Crippen LogP contribution in [-0.2, 0) is 49.8 Å². The molecule has 2 amide bonds. The molecule has 0 aromatic heterocycles. The molecule has 0 unspecified atom stereocenters. The van der Waals surface area contributed by atoms with E-state index in [1.807, 2.05) is 112 Å². The Labute approximate surface area is 554 Å². The molecule has 0 saturated carbocycles. The number of halogens is 1. The van der Waals surface area contributed by atoms with Crippen LogP contribution in [0, 0.1) is 0 Å². The van der Waals surface area contributed by atoms with Gasteiger partial charge in [0, 0.05) is 21.0 Å². The van der Waals surface area contributed by atoms with Crippen LogP contribution in [0.3, 0.4) is 0 Å². The minimum absolute atomic E-state index is 0.114. The second-order valence-electron chi connectivity index (χ2n) is 20.3. The molecule has 1 N–H and O–H groups in total. The van der Waals surface area contributed by atoms with Crippen molar-refractivity contribution >= 4 is 47.7 Å². The van der Waals surface area contributed by atoms with Crippen molar-refractivity contribution in [1.29, 1.82) is 0 Å². The van der Waals surface area contributed by atoms with Gasteiger partial charge in [0.1, 0.15) is 30.9 Å². The highest BCUT2D eigenvalue weighted by atomic mass is 35.5. The van der Waals surface area contributed by atoms with Gasteiger partial charge >= 0.3 is 36.1 Å². The zero-order chi connectivity index (χ0) is 69.6. The summed E-state index contributed by atoms with van der Waals surface area (Å²) in [6.45, 7) is 6.38. The fourth-order valence-corrected chi connectivity index (χ4v) is 10.1. The molecule has 24 nitrogen and oxygen atoms in total. The molecular formula is C69H86ClN3O21. The molecule has 0 heterocycles. The molecule has 6 aromatic carbocycles. The van der Waals surface area contributed by atoms with E-state index >= 15 is 0 Å². The lowest BCUT2D eigenvalue weighted by atomic mass is 9.86. The van der Waals surface area contributed by atoms with Crippen LogP contribution in [0.4, 0.5) is 9.59 Å². The quantitative estimate of drug-likeness (QED) is 0.0190. The third-order valence-corrected chi connectivity index (χ3v) is 15.8. The molecule has 0 aliphatic heterocycles. The van der Waals surface area contributed by atoms with Crippen molar-refractivity contribution < 1.29 is 99.8 Å². The van der Waals surface area contributed by atoms with E-state index in [1.54, 1.807) is 19.2 Å². The molecule has 25 heteroatoms. The van der Waals surface area contributed by atoms with Crippen molar-refractivity contribution in [3.63, 3.8) is 0 Å². The predicted octanol–water partition coefficient (Wildman–Crippen LogP) is 11.6. The molecule has 6 aromatic rings. The number of benzene rings is 6. The Balaban J connectivity index is 0.000000303. The average Bonchev–Trinajstić information content (AvgIpc) is 0.828. The Bertz CT molecular complexity index is 3340. The van der Waals surface area contributed by atoms with Gasteiger partial charge in [-0.25, -0.2) is 24.0 Å². The van der Waals surface area contributed by atoms with Crippen molar-refractivity contribution in [2.45, 2.75) is 63.6 Å². The van der Waals surface area contributed by atoms with Crippen LogP contribution < -0.4 is 47.9 Å². The Kier molecular flexibility index (Phi) is 30.7. The van der Waals surface area contributed by atoms with Gasteiger partial charge in [0.25, 0.3) is 0 Å². The van der Waals surface area contributed by atoms with Crippen LogP contribution in [0.5, 0.6) is 51.7 Å². The molecule has 6 rings (SSSR count). The van der Waals surface area contributed by atoms with Crippen molar-refractivity contribution in [1.82, 2.24) is 15.1 Å². The standard InChI is InChI=1S/C25H31NO9.C23H28ClNO7.C21H27NO5/c1-7-25(19-11-9-8-10-12-19,26(3)24(29)35-16-34-17(2)27)15-33-23(28)18-13-20(30-4)22(32-6)21(14-18)31-5;1-6-23(17-10-8-7-9-11-17,25(2)22(27)32-15-24)14-31-21(26)16-12-18(28-3)20(30-5)19(13-16)29-4;1-6-21(22-2,16-10-8-7-9-11-16)14-27-20(23)15-12-17(24-3)19(26-5)18(13-15)25-4/h8-14H,7,15-16H2,1-6H3;7-13H,6,14-15H2,1-5H3;7-13,22H,6,14H2,1-5H3/t25-;23-;21-/m111/s1. The summed E-state index contributed by atoms with van der Waals surface area (Å²) < 4.78 is 79.5. The smallest absolute Gasteiger partial charge is 0.413 e. The number of nitrogens with zero attached hydrogens (tertiary/aromatic N) is 2. The van der Waals surface area contributed by atoms with E-state index in [9.17, 15) is 28.8 Å². The number of carbonyl (C=O) groups excluding carboxylic acids is 6. The zero-order valence-electron chi connectivity index (χ0n) is 56.1. The molecule has 3 atom stereocenters. The molecule has 0 fully saturated rings. The van der Waals surface area contributed by atoms with Crippen molar-refractivity contribution in [2.24, 2.45) is 0 Å². The molecule has 0 aliphatic rings. The van der Waals surface area contributed by atoms with Gasteiger partial charge in [-0.1, -0.05) is 123 Å². The van der Waals surface area contributed by atoms with Gasteiger partial charge in [0.15, 0.2) is 40.6 Å². The van der Waals surface area contributed by atoms with Gasteiger partial charge < -0.3 is 76.4 Å². The van der Waals surface area contributed by atoms with Gasteiger partial charge in [-0.15, -0.1) is 0 Å². The minimum Gasteiger partial charge on any atom is -0.493 e. The van der Waals surface area contributed by atoms with Crippen LogP contribution >= 0.6 is 11.6 Å². The first-order chi connectivity index (χ1) is 45.2. The largest absolute Gasteiger partial charge is 0.493 e. The average molecular weight is 1330 g/mol. The van der Waals surface area contributed by atoms with E-state index < -0.39 is 59.5 Å². The lowest BCUT2D eigenvalue weighted by Gasteiger charge is -2.40. The summed E-state index contributed by atoms with van der Waals surface area (Å²) in [4.78, 5) is 77.7. The number of amides is 2. The fraction of sp³-hybridized carbons (Fsp3) is 0.391. The molecule has 0 spiro atoms. The Morgan fingerprint density at radius 3 is 0.957 bits per heavy atom. The number of alkyl halides is 1. The van der Waals surface area contributed by atoms with E-state index in [2.05, 4.69) is 12.2 Å². The maximum Gasteiger partial charge on any atom is 0.413 e. The number of ether oxygens (including phenoxy) is 15. The van der Waals surface area contributed by atoms with E-state index in [0.717, 1.165) is 23.1 Å². The zero-order valence-corrected chi connectivity index (χ0v) is 56.9. The first-order valence-corrected chi connectivity index (χ1v) is 30.0.